The van der Waals surface area contributed by atoms with Gasteiger partial charge in [0.05, 0.1) is 11.2 Å². The van der Waals surface area contributed by atoms with Crippen LogP contribution in [0.3, 0.4) is 0 Å². The number of cyclic esters (lactones) is 1. The van der Waals surface area contributed by atoms with Gasteiger partial charge in [-0.1, -0.05) is 27.3 Å². The quantitative estimate of drug-likeness (QED) is 0.868. The number of fused-ring (bicyclic) bond motifs is 1. The summed E-state index contributed by atoms with van der Waals surface area (Å²) < 4.78 is 20.2. The van der Waals surface area contributed by atoms with Gasteiger partial charge in [-0.3, -0.25) is 4.79 Å². The number of rotatable bonds is 3. The first-order valence-corrected chi connectivity index (χ1v) is 7.42. The van der Waals surface area contributed by atoms with Gasteiger partial charge < -0.3 is 10.1 Å². The topological polar surface area (TPSA) is 51.2 Å². The fraction of sp³-hybridized carbons (Fsp3) is 0.333. The van der Waals surface area contributed by atoms with E-state index < -0.39 is 0 Å². The highest BCUT2D eigenvalue weighted by Gasteiger charge is 2.23. The largest absolute Gasteiger partial charge is 0.460 e. The first kappa shape index (κ1) is 12.8. The summed E-state index contributed by atoms with van der Waals surface area (Å²) >= 11 is 4.63. The van der Waals surface area contributed by atoms with Crippen molar-refractivity contribution < 1.29 is 13.9 Å². The van der Waals surface area contributed by atoms with Gasteiger partial charge in [0.2, 0.25) is 0 Å². The van der Waals surface area contributed by atoms with E-state index in [1.54, 1.807) is 0 Å². The monoisotopic (exact) mass is 344 g/mol. The molecule has 1 unspecified atom stereocenters. The molecule has 1 aromatic heterocycles. The zero-order chi connectivity index (χ0) is 13.4. The number of aromatic nitrogens is 1. The van der Waals surface area contributed by atoms with Crippen molar-refractivity contribution in [2.45, 2.75) is 18.9 Å². The van der Waals surface area contributed by atoms with Crippen LogP contribution in [-0.4, -0.2) is 23.6 Å². The summed E-state index contributed by atoms with van der Waals surface area (Å²) in [5.74, 6) is -0.507. The number of carbonyl (C=O) groups excluding carboxylic acids is 1. The third-order valence-electron chi connectivity index (χ3n) is 2.86. The number of hydrogen-bond donors (Lipinski definition) is 1. The van der Waals surface area contributed by atoms with Gasteiger partial charge in [-0.25, -0.2) is 9.37 Å². The molecule has 0 bridgehead atoms. The maximum absolute atomic E-state index is 13.7. The van der Waals surface area contributed by atoms with E-state index in [2.05, 4.69) is 26.2 Å². The third kappa shape index (κ3) is 2.71. The van der Waals surface area contributed by atoms with E-state index in [0.29, 0.717) is 28.1 Å². The summed E-state index contributed by atoms with van der Waals surface area (Å²) in [6.07, 6.45) is 1.07. The second kappa shape index (κ2) is 5.05. The van der Waals surface area contributed by atoms with E-state index in [4.69, 9.17) is 4.74 Å². The highest BCUT2D eigenvalue weighted by atomic mass is 79.9. The van der Waals surface area contributed by atoms with Gasteiger partial charge >= 0.3 is 5.97 Å². The molecule has 1 aliphatic rings. The summed E-state index contributed by atoms with van der Waals surface area (Å²) in [5.41, 5.74) is 0.360. The third-order valence-corrected chi connectivity index (χ3v) is 4.28. The smallest absolute Gasteiger partial charge is 0.306 e. The van der Waals surface area contributed by atoms with E-state index in [1.807, 2.05) is 6.07 Å². The average Bonchev–Trinajstić information content (AvgIpc) is 2.92. The van der Waals surface area contributed by atoms with Crippen LogP contribution in [0.2, 0.25) is 0 Å². The predicted octanol–water partition coefficient (Wildman–Crippen LogP) is 3.32. The molecule has 0 spiro atoms. The van der Waals surface area contributed by atoms with Gasteiger partial charge in [-0.05, 0) is 18.6 Å². The average molecular weight is 345 g/mol. The molecular formula is C12H10BrFN2O2S. The minimum absolute atomic E-state index is 0.115. The van der Waals surface area contributed by atoms with E-state index in [-0.39, 0.29) is 17.9 Å². The molecule has 0 saturated carbocycles. The van der Waals surface area contributed by atoms with E-state index >= 15 is 0 Å². The van der Waals surface area contributed by atoms with Crippen molar-refractivity contribution >= 4 is 48.6 Å². The molecule has 2 aromatic rings. The second-order valence-electron chi connectivity index (χ2n) is 4.28. The van der Waals surface area contributed by atoms with E-state index in [1.165, 1.54) is 17.4 Å². The number of halogens is 2. The van der Waals surface area contributed by atoms with Crippen LogP contribution in [0.1, 0.15) is 12.8 Å². The number of benzene rings is 1. The van der Waals surface area contributed by atoms with Gasteiger partial charge in [0.15, 0.2) is 10.9 Å². The predicted molar refractivity (Wildman–Crippen MR) is 74.9 cm³/mol. The lowest BCUT2D eigenvalue weighted by atomic mass is 10.2. The van der Waals surface area contributed by atoms with Crippen LogP contribution in [0.4, 0.5) is 9.52 Å². The lowest BCUT2D eigenvalue weighted by molar-refractivity contribution is -0.140. The number of thiazole rings is 1. The molecular weight excluding hydrogens is 335 g/mol. The van der Waals surface area contributed by atoms with Gasteiger partial charge in [-0.2, -0.15) is 0 Å². The minimum atomic E-state index is -0.346. The van der Waals surface area contributed by atoms with Gasteiger partial charge in [0.1, 0.15) is 11.6 Å². The Bertz CT molecular complexity index is 646. The van der Waals surface area contributed by atoms with Crippen LogP contribution in [0, 0.1) is 5.82 Å². The molecule has 3 rings (SSSR count). The van der Waals surface area contributed by atoms with Crippen LogP contribution < -0.4 is 5.32 Å². The molecule has 1 N–H and O–H groups in total. The number of ether oxygens (including phenoxy) is 1. The highest BCUT2D eigenvalue weighted by molar-refractivity contribution is 9.10. The van der Waals surface area contributed by atoms with Crippen molar-refractivity contribution in [3.05, 3.63) is 22.4 Å². The minimum Gasteiger partial charge on any atom is -0.460 e. The van der Waals surface area contributed by atoms with Crippen molar-refractivity contribution in [3.8, 4) is 0 Å². The van der Waals surface area contributed by atoms with Crippen LogP contribution in [-0.2, 0) is 9.53 Å². The Morgan fingerprint density at radius 1 is 1.58 bits per heavy atom. The maximum atomic E-state index is 13.7. The first-order valence-electron chi connectivity index (χ1n) is 5.81. The van der Waals surface area contributed by atoms with Crippen molar-refractivity contribution in [2.75, 3.05) is 11.9 Å². The summed E-state index contributed by atoms with van der Waals surface area (Å²) in [6, 6.07) is 3.22. The maximum Gasteiger partial charge on any atom is 0.306 e. The zero-order valence-electron chi connectivity index (χ0n) is 9.78. The molecule has 1 atom stereocenters. The zero-order valence-corrected chi connectivity index (χ0v) is 12.2. The molecule has 100 valence electrons. The molecule has 1 aliphatic heterocycles. The number of hydrogen-bond acceptors (Lipinski definition) is 5. The molecule has 0 amide bonds. The normalized spacial score (nSPS) is 18.8. The van der Waals surface area contributed by atoms with E-state index in [9.17, 15) is 9.18 Å². The number of nitrogens with one attached hydrogen (secondary N) is 1. The van der Waals surface area contributed by atoms with Crippen LogP contribution in [0.25, 0.3) is 10.2 Å². The van der Waals surface area contributed by atoms with Gasteiger partial charge in [0.25, 0.3) is 0 Å². The Morgan fingerprint density at radius 3 is 3.16 bits per heavy atom. The summed E-state index contributed by atoms with van der Waals surface area (Å²) in [7, 11) is 0. The number of anilines is 1. The molecule has 0 aliphatic carbocycles. The summed E-state index contributed by atoms with van der Waals surface area (Å²) in [5, 5.41) is 3.73. The SMILES string of the molecule is O=C1CCC(CNc2nc3c(F)cc(Br)cc3s2)O1. The molecule has 0 radical (unpaired) electrons. The van der Waals surface area contributed by atoms with Gasteiger partial charge in [-0.15, -0.1) is 0 Å². The summed E-state index contributed by atoms with van der Waals surface area (Å²) in [6.45, 7) is 0.508. The molecule has 19 heavy (non-hydrogen) atoms. The molecule has 1 aromatic carbocycles. The number of carbonyl (C=O) groups is 1. The Hall–Kier alpha value is -1.21. The molecule has 7 heteroatoms. The fourth-order valence-corrected chi connectivity index (χ4v) is 3.47. The van der Waals surface area contributed by atoms with Crippen LogP contribution >= 0.6 is 27.3 Å². The Balaban J connectivity index is 1.75. The Kier molecular flexibility index (Phi) is 3.40. The highest BCUT2D eigenvalue weighted by Crippen LogP contribution is 2.30. The van der Waals surface area contributed by atoms with Crippen LogP contribution in [0.15, 0.2) is 16.6 Å². The van der Waals surface area contributed by atoms with Crippen molar-refractivity contribution in [2.24, 2.45) is 0 Å². The summed E-state index contributed by atoms with van der Waals surface area (Å²) in [4.78, 5) is 15.2. The molecule has 1 saturated heterocycles. The molecule has 4 nitrogen and oxygen atoms in total. The second-order valence-corrected chi connectivity index (χ2v) is 6.23. The lowest BCUT2D eigenvalue weighted by Crippen LogP contribution is -2.19. The number of nitrogens with zero attached hydrogens (tertiary/aromatic N) is 1. The number of esters is 1. The lowest BCUT2D eigenvalue weighted by Gasteiger charge is -2.08. The molecule has 2 heterocycles. The fourth-order valence-electron chi connectivity index (χ4n) is 1.96. The van der Waals surface area contributed by atoms with Crippen LogP contribution in [0.5, 0.6) is 0 Å². The van der Waals surface area contributed by atoms with Gasteiger partial charge in [0, 0.05) is 10.9 Å². The Labute approximate surface area is 121 Å². The standard InChI is InChI=1S/C12H10BrFN2O2S/c13-6-3-8(14)11-9(4-6)19-12(16-11)15-5-7-1-2-10(17)18-7/h3-4,7H,1-2,5H2,(H,15,16). The van der Waals surface area contributed by atoms with Crippen molar-refractivity contribution in [1.29, 1.82) is 0 Å². The van der Waals surface area contributed by atoms with Crippen molar-refractivity contribution in [1.82, 2.24) is 4.98 Å². The Morgan fingerprint density at radius 2 is 2.42 bits per heavy atom. The van der Waals surface area contributed by atoms with E-state index in [0.717, 1.165) is 11.1 Å². The molecule has 1 fully saturated rings. The first-order chi connectivity index (χ1) is 9.11. The van der Waals surface area contributed by atoms with Crippen molar-refractivity contribution in [3.63, 3.8) is 0 Å².